The van der Waals surface area contributed by atoms with Crippen LogP contribution in [0.4, 0.5) is 0 Å². The standard InChI is InChI=1S/C48H42N2/c1-47(2,3)40-29-42(33-17-11-8-12-18-33)49-45-38(40)27-28-39-41(48(4,5)6)30-43(50-46(39)45)34-25-23-32(24-26-34)37-22-14-20-35-19-13-21-36(44(35)37)31-15-9-7-10-16-31/h7-30H,1-6H3. The lowest BCUT2D eigenvalue weighted by atomic mass is 9.81. The van der Waals surface area contributed by atoms with Crippen LogP contribution in [0.25, 0.3) is 77.3 Å². The Bertz CT molecular complexity index is 2510. The van der Waals surface area contributed by atoms with Gasteiger partial charge in [-0.25, -0.2) is 9.97 Å². The van der Waals surface area contributed by atoms with Crippen LogP contribution in [-0.4, -0.2) is 9.97 Å². The topological polar surface area (TPSA) is 25.8 Å². The van der Waals surface area contributed by atoms with E-state index in [1.54, 1.807) is 0 Å². The molecule has 6 aromatic carbocycles. The summed E-state index contributed by atoms with van der Waals surface area (Å²) in [4.78, 5) is 10.8. The molecular weight excluding hydrogens is 605 g/mol. The molecule has 2 nitrogen and oxygen atoms in total. The molecule has 8 aromatic rings. The molecule has 2 heterocycles. The zero-order chi connectivity index (χ0) is 34.6. The van der Waals surface area contributed by atoms with Gasteiger partial charge in [0.2, 0.25) is 0 Å². The Hall–Kier alpha value is -5.60. The molecule has 0 aliphatic rings. The van der Waals surface area contributed by atoms with Gasteiger partial charge >= 0.3 is 0 Å². The lowest BCUT2D eigenvalue weighted by Crippen LogP contribution is -2.14. The minimum atomic E-state index is -0.0930. The summed E-state index contributed by atoms with van der Waals surface area (Å²) in [6.07, 6.45) is 0. The normalized spacial score (nSPS) is 12.2. The lowest BCUT2D eigenvalue weighted by Gasteiger charge is -2.25. The Morgan fingerprint density at radius 1 is 0.380 bits per heavy atom. The maximum Gasteiger partial charge on any atom is 0.0975 e. The van der Waals surface area contributed by atoms with Crippen molar-refractivity contribution in [1.29, 1.82) is 0 Å². The van der Waals surface area contributed by atoms with E-state index in [0.29, 0.717) is 0 Å². The third-order valence-corrected chi connectivity index (χ3v) is 9.92. The van der Waals surface area contributed by atoms with Crippen molar-refractivity contribution in [1.82, 2.24) is 9.97 Å². The third-order valence-electron chi connectivity index (χ3n) is 9.92. The van der Waals surface area contributed by atoms with Crippen molar-refractivity contribution in [3.05, 3.63) is 157 Å². The fourth-order valence-electron chi connectivity index (χ4n) is 7.38. The Labute approximate surface area is 295 Å². The second-order valence-electron chi connectivity index (χ2n) is 15.5. The number of benzene rings is 6. The van der Waals surface area contributed by atoms with Gasteiger partial charge in [-0.1, -0.05) is 175 Å². The van der Waals surface area contributed by atoms with E-state index in [9.17, 15) is 0 Å². The van der Waals surface area contributed by atoms with Crippen molar-refractivity contribution in [2.45, 2.75) is 52.4 Å². The molecular formula is C48H42N2. The average Bonchev–Trinajstić information content (AvgIpc) is 3.13. The summed E-state index contributed by atoms with van der Waals surface area (Å²) in [6, 6.07) is 52.5. The predicted octanol–water partition coefficient (Wildman–Crippen LogP) is 13.2. The fourth-order valence-corrected chi connectivity index (χ4v) is 7.38. The summed E-state index contributed by atoms with van der Waals surface area (Å²) < 4.78 is 0. The minimum Gasteiger partial charge on any atom is -0.245 e. The van der Waals surface area contributed by atoms with Crippen LogP contribution in [0.15, 0.2) is 146 Å². The molecule has 2 aromatic heterocycles. The van der Waals surface area contributed by atoms with Crippen molar-refractivity contribution >= 4 is 32.6 Å². The maximum absolute atomic E-state index is 5.45. The Morgan fingerprint density at radius 2 is 0.780 bits per heavy atom. The van der Waals surface area contributed by atoms with Crippen LogP contribution in [0.1, 0.15) is 52.7 Å². The molecule has 0 bridgehead atoms. The monoisotopic (exact) mass is 646 g/mol. The van der Waals surface area contributed by atoms with Crippen LogP contribution in [0, 0.1) is 0 Å². The maximum atomic E-state index is 5.45. The van der Waals surface area contributed by atoms with Gasteiger partial charge in [0.05, 0.1) is 22.4 Å². The van der Waals surface area contributed by atoms with Crippen molar-refractivity contribution in [3.8, 4) is 44.8 Å². The van der Waals surface area contributed by atoms with Crippen molar-refractivity contribution in [2.75, 3.05) is 0 Å². The summed E-state index contributed by atoms with van der Waals surface area (Å²) in [5.41, 5.74) is 13.4. The molecule has 0 atom stereocenters. The molecule has 244 valence electrons. The first-order valence-corrected chi connectivity index (χ1v) is 17.6. The predicted molar refractivity (Wildman–Crippen MR) is 214 cm³/mol. The molecule has 0 saturated carbocycles. The van der Waals surface area contributed by atoms with Crippen LogP contribution in [0.3, 0.4) is 0 Å². The van der Waals surface area contributed by atoms with Crippen LogP contribution < -0.4 is 0 Å². The van der Waals surface area contributed by atoms with E-state index in [1.807, 2.05) is 0 Å². The number of hydrogen-bond donors (Lipinski definition) is 0. The molecule has 0 fully saturated rings. The zero-order valence-corrected chi connectivity index (χ0v) is 29.8. The van der Waals surface area contributed by atoms with E-state index in [-0.39, 0.29) is 10.8 Å². The largest absolute Gasteiger partial charge is 0.245 e. The van der Waals surface area contributed by atoms with Gasteiger partial charge in [0, 0.05) is 21.9 Å². The van der Waals surface area contributed by atoms with Gasteiger partial charge in [0.1, 0.15) is 0 Å². The molecule has 0 aliphatic carbocycles. The minimum absolute atomic E-state index is 0.0688. The van der Waals surface area contributed by atoms with Crippen LogP contribution >= 0.6 is 0 Å². The average molecular weight is 647 g/mol. The van der Waals surface area contributed by atoms with E-state index >= 15 is 0 Å². The molecule has 0 unspecified atom stereocenters. The SMILES string of the molecule is CC(C)(C)c1cc(-c2ccccc2)nc2c1ccc1c(C(C)(C)C)cc(-c3ccc(-c4cccc5cccc(-c6ccccc6)c45)cc3)nc12. The van der Waals surface area contributed by atoms with Gasteiger partial charge in [-0.05, 0) is 67.1 Å². The Morgan fingerprint density at radius 3 is 1.24 bits per heavy atom. The summed E-state index contributed by atoms with van der Waals surface area (Å²) in [6.45, 7) is 13.7. The molecule has 0 radical (unpaired) electrons. The van der Waals surface area contributed by atoms with Gasteiger partial charge in [-0.2, -0.15) is 0 Å². The van der Waals surface area contributed by atoms with E-state index in [2.05, 4.69) is 187 Å². The highest BCUT2D eigenvalue weighted by Crippen LogP contribution is 2.41. The Balaban J connectivity index is 1.33. The quantitative estimate of drug-likeness (QED) is 0.178. The highest BCUT2D eigenvalue weighted by atomic mass is 14.8. The molecule has 0 saturated heterocycles. The van der Waals surface area contributed by atoms with Gasteiger partial charge in [0.25, 0.3) is 0 Å². The van der Waals surface area contributed by atoms with E-state index in [1.165, 1.54) is 44.2 Å². The van der Waals surface area contributed by atoms with E-state index < -0.39 is 0 Å². The summed E-state index contributed by atoms with van der Waals surface area (Å²) >= 11 is 0. The van der Waals surface area contributed by atoms with E-state index in [0.717, 1.165) is 44.3 Å². The number of fused-ring (bicyclic) bond motifs is 4. The molecule has 8 rings (SSSR count). The summed E-state index contributed by atoms with van der Waals surface area (Å²) in [5, 5.41) is 4.83. The molecule has 0 amide bonds. The number of pyridine rings is 2. The molecule has 50 heavy (non-hydrogen) atoms. The van der Waals surface area contributed by atoms with Crippen molar-refractivity contribution in [3.63, 3.8) is 0 Å². The third kappa shape index (κ3) is 5.65. The van der Waals surface area contributed by atoms with Gasteiger partial charge in [-0.3, -0.25) is 0 Å². The smallest absolute Gasteiger partial charge is 0.0975 e. The second-order valence-corrected chi connectivity index (χ2v) is 15.5. The summed E-state index contributed by atoms with van der Waals surface area (Å²) in [5.74, 6) is 0. The number of hydrogen-bond acceptors (Lipinski definition) is 2. The van der Waals surface area contributed by atoms with Crippen LogP contribution in [0.2, 0.25) is 0 Å². The first kappa shape index (κ1) is 31.7. The molecule has 0 aliphatic heterocycles. The highest BCUT2D eigenvalue weighted by molar-refractivity contribution is 6.08. The molecule has 0 N–H and O–H groups in total. The van der Waals surface area contributed by atoms with Gasteiger partial charge < -0.3 is 0 Å². The summed E-state index contributed by atoms with van der Waals surface area (Å²) in [7, 11) is 0. The van der Waals surface area contributed by atoms with E-state index in [4.69, 9.17) is 9.97 Å². The number of nitrogens with zero attached hydrogens (tertiary/aromatic N) is 2. The van der Waals surface area contributed by atoms with Crippen LogP contribution in [0.5, 0.6) is 0 Å². The lowest BCUT2D eigenvalue weighted by molar-refractivity contribution is 0.594. The first-order valence-electron chi connectivity index (χ1n) is 17.6. The number of rotatable bonds is 4. The second kappa shape index (κ2) is 12.1. The fraction of sp³-hybridized carbons (Fsp3) is 0.167. The Kier molecular flexibility index (Phi) is 7.64. The molecule has 2 heteroatoms. The first-order chi connectivity index (χ1) is 24.1. The number of aromatic nitrogens is 2. The van der Waals surface area contributed by atoms with Crippen molar-refractivity contribution in [2.24, 2.45) is 0 Å². The van der Waals surface area contributed by atoms with Crippen LogP contribution in [-0.2, 0) is 10.8 Å². The van der Waals surface area contributed by atoms with Crippen molar-refractivity contribution < 1.29 is 0 Å². The van der Waals surface area contributed by atoms with Gasteiger partial charge in [0.15, 0.2) is 0 Å². The highest BCUT2D eigenvalue weighted by Gasteiger charge is 2.24. The zero-order valence-electron chi connectivity index (χ0n) is 29.8. The molecule has 0 spiro atoms. The van der Waals surface area contributed by atoms with Gasteiger partial charge in [-0.15, -0.1) is 0 Å².